The first-order chi connectivity index (χ1) is 8.60. The van der Waals surface area contributed by atoms with Crippen LogP contribution in [0.3, 0.4) is 0 Å². The summed E-state index contributed by atoms with van der Waals surface area (Å²) in [6, 6.07) is 0.635. The standard InChI is InChI=1S/C13H21N3O2/c1-3-15-8-13(18)16(9-12(15)17)7-10(2)6-14-11-4-5-11/h11,14H,2-9H2,1H3. The van der Waals surface area contributed by atoms with E-state index in [0.717, 1.165) is 12.1 Å². The second-order valence-corrected chi connectivity index (χ2v) is 5.06. The predicted octanol–water partition coefficient (Wildman–Crippen LogP) is -0.0147. The number of carbonyl (C=O) groups excluding carboxylic acids is 2. The van der Waals surface area contributed by atoms with Gasteiger partial charge in [0, 0.05) is 25.7 Å². The van der Waals surface area contributed by atoms with Crippen molar-refractivity contribution in [1.82, 2.24) is 15.1 Å². The average Bonchev–Trinajstić information content (AvgIpc) is 3.15. The number of nitrogens with zero attached hydrogens (tertiary/aromatic N) is 2. The van der Waals surface area contributed by atoms with Crippen LogP contribution in [0.5, 0.6) is 0 Å². The van der Waals surface area contributed by atoms with E-state index in [-0.39, 0.29) is 24.9 Å². The highest BCUT2D eigenvalue weighted by Gasteiger charge is 2.29. The lowest BCUT2D eigenvalue weighted by Crippen LogP contribution is -2.54. The van der Waals surface area contributed by atoms with Crippen LogP contribution in [0.1, 0.15) is 19.8 Å². The Bertz CT molecular complexity index is 363. The summed E-state index contributed by atoms with van der Waals surface area (Å²) in [5.74, 6) is 0.0454. The molecule has 0 radical (unpaired) electrons. The van der Waals surface area contributed by atoms with Crippen LogP contribution in [0.15, 0.2) is 12.2 Å². The van der Waals surface area contributed by atoms with E-state index >= 15 is 0 Å². The van der Waals surface area contributed by atoms with Gasteiger partial charge >= 0.3 is 0 Å². The van der Waals surface area contributed by atoms with Crippen LogP contribution < -0.4 is 5.32 Å². The fourth-order valence-corrected chi connectivity index (χ4v) is 2.04. The van der Waals surface area contributed by atoms with E-state index in [2.05, 4.69) is 11.9 Å². The Morgan fingerprint density at radius 2 is 1.89 bits per heavy atom. The molecule has 0 aromatic rings. The highest BCUT2D eigenvalue weighted by molar-refractivity contribution is 5.92. The molecule has 100 valence electrons. The highest BCUT2D eigenvalue weighted by Crippen LogP contribution is 2.18. The molecule has 0 bridgehead atoms. The number of hydrogen-bond acceptors (Lipinski definition) is 3. The van der Waals surface area contributed by atoms with E-state index in [4.69, 9.17) is 0 Å². The van der Waals surface area contributed by atoms with Gasteiger partial charge in [0.2, 0.25) is 11.8 Å². The minimum Gasteiger partial charge on any atom is -0.332 e. The topological polar surface area (TPSA) is 52.7 Å². The maximum Gasteiger partial charge on any atom is 0.242 e. The second kappa shape index (κ2) is 5.52. The Morgan fingerprint density at radius 3 is 2.50 bits per heavy atom. The fourth-order valence-electron chi connectivity index (χ4n) is 2.04. The molecule has 0 unspecified atom stereocenters. The number of nitrogens with one attached hydrogen (secondary N) is 1. The Balaban J connectivity index is 1.79. The predicted molar refractivity (Wildman–Crippen MR) is 69.0 cm³/mol. The Kier molecular flexibility index (Phi) is 4.01. The highest BCUT2D eigenvalue weighted by atomic mass is 16.2. The first kappa shape index (κ1) is 13.1. The lowest BCUT2D eigenvalue weighted by molar-refractivity contribution is -0.149. The number of likely N-dealkylation sites (N-methyl/N-ethyl adjacent to an activating group) is 1. The van der Waals surface area contributed by atoms with Crippen LogP contribution in [0.2, 0.25) is 0 Å². The Hall–Kier alpha value is -1.36. The van der Waals surface area contributed by atoms with Crippen molar-refractivity contribution < 1.29 is 9.59 Å². The second-order valence-electron chi connectivity index (χ2n) is 5.06. The summed E-state index contributed by atoms with van der Waals surface area (Å²) >= 11 is 0. The number of hydrogen-bond donors (Lipinski definition) is 1. The third-order valence-electron chi connectivity index (χ3n) is 3.37. The first-order valence-electron chi connectivity index (χ1n) is 6.55. The zero-order valence-corrected chi connectivity index (χ0v) is 10.9. The summed E-state index contributed by atoms with van der Waals surface area (Å²) < 4.78 is 0. The molecule has 5 nitrogen and oxygen atoms in total. The van der Waals surface area contributed by atoms with Gasteiger partial charge < -0.3 is 15.1 Å². The van der Waals surface area contributed by atoms with Gasteiger partial charge in [-0.05, 0) is 25.3 Å². The molecule has 1 N–H and O–H groups in total. The van der Waals surface area contributed by atoms with Crippen molar-refractivity contribution in [3.8, 4) is 0 Å². The smallest absolute Gasteiger partial charge is 0.242 e. The molecule has 1 aliphatic carbocycles. The fraction of sp³-hybridized carbons (Fsp3) is 0.692. The Labute approximate surface area is 108 Å². The maximum atomic E-state index is 11.9. The van der Waals surface area contributed by atoms with E-state index < -0.39 is 0 Å². The maximum absolute atomic E-state index is 11.9. The molecule has 5 heteroatoms. The van der Waals surface area contributed by atoms with Gasteiger partial charge in [-0.3, -0.25) is 9.59 Å². The van der Waals surface area contributed by atoms with Gasteiger partial charge in [-0.1, -0.05) is 6.58 Å². The van der Waals surface area contributed by atoms with E-state index in [9.17, 15) is 9.59 Å². The third kappa shape index (κ3) is 3.32. The molecule has 1 heterocycles. The quantitative estimate of drug-likeness (QED) is 0.675. The summed E-state index contributed by atoms with van der Waals surface area (Å²) in [5, 5.41) is 3.36. The zero-order chi connectivity index (χ0) is 13.1. The average molecular weight is 251 g/mol. The van der Waals surface area contributed by atoms with Crippen molar-refractivity contribution in [1.29, 1.82) is 0 Å². The molecule has 0 spiro atoms. The monoisotopic (exact) mass is 251 g/mol. The summed E-state index contributed by atoms with van der Waals surface area (Å²) in [7, 11) is 0. The van der Waals surface area contributed by atoms with Gasteiger partial charge in [-0.25, -0.2) is 0 Å². The van der Waals surface area contributed by atoms with Crippen molar-refractivity contribution in [2.45, 2.75) is 25.8 Å². The van der Waals surface area contributed by atoms with Gasteiger partial charge in [0.15, 0.2) is 0 Å². The molecule has 2 amide bonds. The van der Waals surface area contributed by atoms with Crippen LogP contribution in [0.4, 0.5) is 0 Å². The molecule has 0 atom stereocenters. The van der Waals surface area contributed by atoms with E-state index in [1.165, 1.54) is 12.8 Å². The van der Waals surface area contributed by atoms with Crippen molar-refractivity contribution in [2.75, 3.05) is 32.7 Å². The molecule has 1 aliphatic heterocycles. The first-order valence-corrected chi connectivity index (χ1v) is 6.55. The van der Waals surface area contributed by atoms with Crippen molar-refractivity contribution in [2.24, 2.45) is 0 Å². The zero-order valence-electron chi connectivity index (χ0n) is 10.9. The SMILES string of the molecule is C=C(CNC1CC1)CN1CC(=O)N(CC)CC1=O. The molecule has 2 rings (SSSR count). The molecular weight excluding hydrogens is 230 g/mol. The minimum atomic E-state index is 0.0176. The van der Waals surface area contributed by atoms with Gasteiger partial charge in [-0.2, -0.15) is 0 Å². The van der Waals surface area contributed by atoms with E-state index in [1.54, 1.807) is 9.80 Å². The third-order valence-corrected chi connectivity index (χ3v) is 3.37. The van der Waals surface area contributed by atoms with Crippen LogP contribution >= 0.6 is 0 Å². The lowest BCUT2D eigenvalue weighted by atomic mass is 10.2. The van der Waals surface area contributed by atoms with Crippen LogP contribution in [0.25, 0.3) is 0 Å². The summed E-state index contributed by atoms with van der Waals surface area (Å²) in [4.78, 5) is 26.8. The van der Waals surface area contributed by atoms with Gasteiger partial charge in [0.05, 0.1) is 6.54 Å². The summed E-state index contributed by atoms with van der Waals surface area (Å²) in [6.45, 7) is 8.07. The Morgan fingerprint density at radius 1 is 1.28 bits per heavy atom. The minimum absolute atomic E-state index is 0.0176. The van der Waals surface area contributed by atoms with E-state index in [1.807, 2.05) is 6.92 Å². The largest absolute Gasteiger partial charge is 0.332 e. The van der Waals surface area contributed by atoms with Gasteiger partial charge in [0.25, 0.3) is 0 Å². The van der Waals surface area contributed by atoms with Crippen molar-refractivity contribution in [3.05, 3.63) is 12.2 Å². The normalized spacial score (nSPS) is 20.5. The molecule has 0 aromatic carbocycles. The molecule has 2 aliphatic rings. The number of piperazine rings is 1. The summed E-state index contributed by atoms with van der Waals surface area (Å²) in [5.41, 5.74) is 0.966. The molecule has 0 aromatic heterocycles. The molecular formula is C13H21N3O2. The number of carbonyl (C=O) groups is 2. The van der Waals surface area contributed by atoms with Gasteiger partial charge in [0.1, 0.15) is 6.54 Å². The van der Waals surface area contributed by atoms with Crippen LogP contribution in [-0.4, -0.2) is 60.4 Å². The number of rotatable bonds is 6. The molecule has 1 saturated carbocycles. The lowest BCUT2D eigenvalue weighted by Gasteiger charge is -2.33. The van der Waals surface area contributed by atoms with Crippen LogP contribution in [0, 0.1) is 0 Å². The molecule has 1 saturated heterocycles. The number of amides is 2. The molecule has 18 heavy (non-hydrogen) atoms. The van der Waals surface area contributed by atoms with Crippen molar-refractivity contribution >= 4 is 11.8 Å². The van der Waals surface area contributed by atoms with E-state index in [0.29, 0.717) is 19.1 Å². The van der Waals surface area contributed by atoms with Gasteiger partial charge in [-0.15, -0.1) is 0 Å². The molecule has 2 fully saturated rings. The summed E-state index contributed by atoms with van der Waals surface area (Å²) in [6.07, 6.45) is 2.47. The van der Waals surface area contributed by atoms with Crippen LogP contribution in [-0.2, 0) is 9.59 Å². The van der Waals surface area contributed by atoms with Crippen molar-refractivity contribution in [3.63, 3.8) is 0 Å².